The minimum atomic E-state index is -0.464. The van der Waals surface area contributed by atoms with Crippen molar-refractivity contribution < 1.29 is 19.2 Å². The van der Waals surface area contributed by atoms with Crippen molar-refractivity contribution in [2.24, 2.45) is 31.9 Å². The summed E-state index contributed by atoms with van der Waals surface area (Å²) in [5.41, 5.74) is 9.39. The summed E-state index contributed by atoms with van der Waals surface area (Å²) in [7, 11) is 4.99. The highest BCUT2D eigenvalue weighted by molar-refractivity contribution is 6.18. The quantitative estimate of drug-likeness (QED) is 0.0374. The zero-order valence-electron chi connectivity index (χ0n) is 28.8. The van der Waals surface area contributed by atoms with Gasteiger partial charge in [-0.05, 0) is 42.0 Å². The van der Waals surface area contributed by atoms with Gasteiger partial charge in [0.05, 0.1) is 17.1 Å². The molecular formula is C35H39Cl2N11O4. The molecule has 3 heterocycles. The fourth-order valence-electron chi connectivity index (χ4n) is 5.21. The van der Waals surface area contributed by atoms with Crippen LogP contribution in [0.25, 0.3) is 6.08 Å². The van der Waals surface area contributed by atoms with Crippen molar-refractivity contribution in [2.75, 3.05) is 52.2 Å². The Morgan fingerprint density at radius 1 is 0.808 bits per heavy atom. The van der Waals surface area contributed by atoms with E-state index in [1.54, 1.807) is 71.8 Å². The maximum absolute atomic E-state index is 13.2. The van der Waals surface area contributed by atoms with Crippen LogP contribution >= 0.6 is 23.2 Å². The molecular weight excluding hydrogens is 709 g/mol. The van der Waals surface area contributed by atoms with Gasteiger partial charge in [-0.3, -0.25) is 19.2 Å². The van der Waals surface area contributed by atoms with Crippen molar-refractivity contribution in [2.45, 2.75) is 6.42 Å². The van der Waals surface area contributed by atoms with Crippen LogP contribution in [0, 0.1) is 11.5 Å². The smallest absolute Gasteiger partial charge is 0.272 e. The molecule has 0 aliphatic carbocycles. The summed E-state index contributed by atoms with van der Waals surface area (Å²) in [4.78, 5) is 57.1. The van der Waals surface area contributed by atoms with Gasteiger partial charge in [0.25, 0.3) is 17.7 Å². The van der Waals surface area contributed by atoms with Crippen molar-refractivity contribution in [3.05, 3.63) is 89.8 Å². The molecule has 4 aromatic rings. The molecule has 0 radical (unpaired) electrons. The number of benzene rings is 1. The SMILES string of the molecule is Cn1cc(NC(=O)c2cc(NC(=O)c3cc(NC(=O)/C=C/c4ccc(N(CCCl)CCCl)cc4)cn3C)cn2C)cc1C(=O)NCCC(N)=NC#N. The predicted molar refractivity (Wildman–Crippen MR) is 204 cm³/mol. The minimum Gasteiger partial charge on any atom is -0.386 e. The molecule has 0 aliphatic rings. The Morgan fingerprint density at radius 3 is 1.77 bits per heavy atom. The van der Waals surface area contributed by atoms with Crippen LogP contribution in [-0.2, 0) is 25.9 Å². The molecule has 0 spiro atoms. The molecule has 4 rings (SSSR count). The van der Waals surface area contributed by atoms with Crippen molar-refractivity contribution in [1.29, 1.82) is 5.26 Å². The van der Waals surface area contributed by atoms with E-state index in [9.17, 15) is 19.2 Å². The van der Waals surface area contributed by atoms with Crippen LogP contribution in [0.5, 0.6) is 0 Å². The zero-order chi connectivity index (χ0) is 37.8. The van der Waals surface area contributed by atoms with Crippen LogP contribution in [-0.4, -0.2) is 74.6 Å². The number of halogens is 2. The first kappa shape index (κ1) is 38.8. The van der Waals surface area contributed by atoms with Gasteiger partial charge in [-0.15, -0.1) is 23.2 Å². The lowest BCUT2D eigenvalue weighted by Crippen LogP contribution is -2.29. The molecule has 0 saturated heterocycles. The van der Waals surface area contributed by atoms with Gasteiger partial charge in [0.15, 0.2) is 0 Å². The Kier molecular flexibility index (Phi) is 13.7. The fraction of sp³-hybridized carbons (Fsp3) is 0.257. The molecule has 1 aromatic carbocycles. The number of anilines is 4. The molecule has 272 valence electrons. The van der Waals surface area contributed by atoms with Gasteiger partial charge in [-0.1, -0.05) is 12.1 Å². The highest BCUT2D eigenvalue weighted by Crippen LogP contribution is 2.20. The van der Waals surface area contributed by atoms with E-state index in [2.05, 4.69) is 31.2 Å². The third-order valence-electron chi connectivity index (χ3n) is 7.75. The molecule has 0 fully saturated rings. The first-order chi connectivity index (χ1) is 24.9. The molecule has 52 heavy (non-hydrogen) atoms. The number of nitrogens with two attached hydrogens (primary N) is 1. The van der Waals surface area contributed by atoms with Gasteiger partial charge in [0.2, 0.25) is 12.1 Å². The molecule has 4 amide bonds. The Bertz CT molecular complexity index is 2010. The van der Waals surface area contributed by atoms with E-state index in [1.165, 1.54) is 18.2 Å². The highest BCUT2D eigenvalue weighted by atomic mass is 35.5. The summed E-state index contributed by atoms with van der Waals surface area (Å²) in [6, 6.07) is 12.3. The van der Waals surface area contributed by atoms with Gasteiger partial charge in [-0.2, -0.15) is 10.3 Å². The lowest BCUT2D eigenvalue weighted by molar-refractivity contribution is -0.111. The monoisotopic (exact) mass is 747 g/mol. The normalized spacial score (nSPS) is 11.3. The number of nitrogens with one attached hydrogen (secondary N) is 4. The Labute approximate surface area is 310 Å². The number of aromatic nitrogens is 3. The van der Waals surface area contributed by atoms with Gasteiger partial charge < -0.3 is 45.6 Å². The number of amidine groups is 1. The maximum Gasteiger partial charge on any atom is 0.272 e. The van der Waals surface area contributed by atoms with Crippen LogP contribution in [0.3, 0.4) is 0 Å². The lowest BCUT2D eigenvalue weighted by atomic mass is 10.2. The van der Waals surface area contributed by atoms with Crippen LogP contribution in [0.15, 0.2) is 72.1 Å². The average molecular weight is 749 g/mol. The van der Waals surface area contributed by atoms with Crippen LogP contribution in [0.2, 0.25) is 0 Å². The second kappa shape index (κ2) is 18.3. The third-order valence-corrected chi connectivity index (χ3v) is 8.09. The van der Waals surface area contributed by atoms with E-state index in [-0.39, 0.29) is 36.1 Å². The zero-order valence-corrected chi connectivity index (χ0v) is 30.3. The maximum atomic E-state index is 13.2. The van der Waals surface area contributed by atoms with Crippen molar-refractivity contribution in [3.8, 4) is 6.19 Å². The summed E-state index contributed by atoms with van der Waals surface area (Å²) in [5, 5.41) is 19.6. The Hall–Kier alpha value is -5.98. The second-order valence-corrected chi connectivity index (χ2v) is 12.3. The number of hydrogen-bond donors (Lipinski definition) is 5. The Balaban J connectivity index is 1.32. The summed E-state index contributed by atoms with van der Waals surface area (Å²) < 4.78 is 4.69. The van der Waals surface area contributed by atoms with Gasteiger partial charge in [0, 0.05) is 89.3 Å². The number of nitriles is 1. The van der Waals surface area contributed by atoms with E-state index in [4.69, 9.17) is 34.2 Å². The number of rotatable bonds is 16. The summed E-state index contributed by atoms with van der Waals surface area (Å²) in [6.45, 7) is 1.53. The number of aliphatic imine (C=N–C) groups is 1. The van der Waals surface area contributed by atoms with Crippen LogP contribution in [0.4, 0.5) is 22.7 Å². The predicted octanol–water partition coefficient (Wildman–Crippen LogP) is 4.10. The molecule has 0 unspecified atom stereocenters. The van der Waals surface area contributed by atoms with Gasteiger partial charge in [-0.25, -0.2) is 0 Å². The third kappa shape index (κ3) is 10.5. The van der Waals surface area contributed by atoms with Crippen LogP contribution < -0.4 is 31.9 Å². The van der Waals surface area contributed by atoms with E-state index >= 15 is 0 Å². The summed E-state index contributed by atoms with van der Waals surface area (Å²) in [6.07, 6.45) is 9.70. The molecule has 17 heteroatoms. The topological polar surface area (TPSA) is 197 Å². The molecule has 0 saturated carbocycles. The largest absolute Gasteiger partial charge is 0.386 e. The van der Waals surface area contributed by atoms with Crippen molar-refractivity contribution in [3.63, 3.8) is 0 Å². The van der Waals surface area contributed by atoms with Crippen molar-refractivity contribution in [1.82, 2.24) is 19.0 Å². The van der Waals surface area contributed by atoms with Gasteiger partial charge in [0.1, 0.15) is 22.9 Å². The Morgan fingerprint density at radius 2 is 1.29 bits per heavy atom. The standard InChI is InChI=1S/C35H39Cl2N11O4/c1-45-20-25(17-28(45)33(50)40-13-10-31(39)41-22-38)43-35(52)30-18-26(21-47(30)3)44-34(51)29-16-24(19-46(29)2)42-32(49)9-6-23-4-7-27(8-5-23)48(14-11-36)15-12-37/h4-9,16-21H,10-15H2,1-3H3,(H2,39,41)(H,40,50)(H,42,49)(H,43,52)(H,44,51)/b9-6+. The first-order valence-corrected chi connectivity index (χ1v) is 17.1. The molecule has 0 atom stereocenters. The van der Waals surface area contributed by atoms with E-state index < -0.39 is 17.7 Å². The van der Waals surface area contributed by atoms with E-state index in [0.29, 0.717) is 47.6 Å². The first-order valence-electron chi connectivity index (χ1n) is 16.0. The molecule has 0 bridgehead atoms. The average Bonchev–Trinajstić information content (AvgIpc) is 3.78. The fourth-order valence-corrected chi connectivity index (χ4v) is 5.62. The molecule has 3 aromatic heterocycles. The summed E-state index contributed by atoms with van der Waals surface area (Å²) >= 11 is 11.8. The van der Waals surface area contributed by atoms with Crippen molar-refractivity contribution >= 4 is 81.5 Å². The number of carbonyl (C=O) groups is 4. The summed E-state index contributed by atoms with van der Waals surface area (Å²) in [5.74, 6) is -0.609. The second-order valence-electron chi connectivity index (χ2n) is 11.6. The number of hydrogen-bond acceptors (Lipinski definition) is 7. The molecule has 6 N–H and O–H groups in total. The number of nitrogens with zero attached hydrogens (tertiary/aromatic N) is 6. The number of amides is 4. The molecule has 15 nitrogen and oxygen atoms in total. The van der Waals surface area contributed by atoms with Crippen LogP contribution in [0.1, 0.15) is 43.4 Å². The van der Waals surface area contributed by atoms with Gasteiger partial charge >= 0.3 is 0 Å². The highest BCUT2D eigenvalue weighted by Gasteiger charge is 2.19. The number of carbonyl (C=O) groups excluding carboxylic acids is 4. The van der Waals surface area contributed by atoms with E-state index in [1.807, 2.05) is 24.3 Å². The number of aryl methyl sites for hydroxylation is 3. The molecule has 0 aliphatic heterocycles. The van der Waals surface area contributed by atoms with E-state index in [0.717, 1.165) is 11.3 Å². The lowest BCUT2D eigenvalue weighted by Gasteiger charge is -2.22. The number of alkyl halides is 2. The minimum absolute atomic E-state index is 0.107.